The molecule has 7 heteroatoms. The van der Waals surface area contributed by atoms with Crippen LogP contribution in [0.5, 0.6) is 5.75 Å². The molecule has 0 radical (unpaired) electrons. The number of hydrogen-bond acceptors (Lipinski definition) is 5. The van der Waals surface area contributed by atoms with Gasteiger partial charge in [-0.1, -0.05) is 12.1 Å². The first-order chi connectivity index (χ1) is 13.5. The lowest BCUT2D eigenvalue weighted by Crippen LogP contribution is -2.65. The third-order valence-electron chi connectivity index (χ3n) is 5.24. The Kier molecular flexibility index (Phi) is 4.77. The molecule has 0 spiro atoms. The molecule has 2 aromatic carbocycles. The molecule has 2 amide bonds. The highest BCUT2D eigenvalue weighted by atomic mass is 32.1. The molecule has 1 aromatic heterocycles. The standard InChI is InChI=1S/C21H21N3O3S/c1-22-20(26)21(10-14-4-3-5-16(8-14)27-2)11-24(12-21)19(25)15-6-7-17-18(9-15)28-13-23-17/h3-9,13H,10-12H2,1-2H3,(H,22,26). The highest BCUT2D eigenvalue weighted by Gasteiger charge is 2.50. The van der Waals surface area contributed by atoms with Crippen molar-refractivity contribution in [2.75, 3.05) is 27.2 Å². The van der Waals surface area contributed by atoms with Crippen molar-refractivity contribution in [3.8, 4) is 5.75 Å². The zero-order chi connectivity index (χ0) is 19.7. The molecule has 0 saturated carbocycles. The van der Waals surface area contributed by atoms with Crippen LogP contribution in [0.25, 0.3) is 10.2 Å². The lowest BCUT2D eigenvalue weighted by molar-refractivity contribution is -0.138. The quantitative estimate of drug-likeness (QED) is 0.721. The van der Waals surface area contributed by atoms with E-state index in [1.807, 2.05) is 36.4 Å². The monoisotopic (exact) mass is 395 g/mol. The molecule has 1 N–H and O–H groups in total. The minimum absolute atomic E-state index is 0.0442. The average Bonchev–Trinajstić information content (AvgIpc) is 3.17. The number of likely N-dealkylation sites (tertiary alicyclic amines) is 1. The molecule has 1 aliphatic heterocycles. The van der Waals surface area contributed by atoms with Crippen LogP contribution in [0, 0.1) is 5.41 Å². The van der Waals surface area contributed by atoms with Crippen molar-refractivity contribution in [3.05, 3.63) is 59.1 Å². The van der Waals surface area contributed by atoms with Crippen LogP contribution in [0.1, 0.15) is 15.9 Å². The second kappa shape index (κ2) is 7.24. The zero-order valence-corrected chi connectivity index (χ0v) is 16.6. The number of fused-ring (bicyclic) bond motifs is 1. The van der Waals surface area contributed by atoms with E-state index < -0.39 is 5.41 Å². The Morgan fingerprint density at radius 2 is 2.07 bits per heavy atom. The summed E-state index contributed by atoms with van der Waals surface area (Å²) >= 11 is 1.51. The van der Waals surface area contributed by atoms with Gasteiger partial charge in [0.15, 0.2) is 0 Å². The number of nitrogens with zero attached hydrogens (tertiary/aromatic N) is 2. The molecule has 144 valence electrons. The number of methoxy groups -OCH3 is 1. The van der Waals surface area contributed by atoms with Crippen molar-refractivity contribution in [1.82, 2.24) is 15.2 Å². The van der Waals surface area contributed by atoms with Gasteiger partial charge in [-0.2, -0.15) is 0 Å². The van der Waals surface area contributed by atoms with Crippen molar-refractivity contribution in [2.45, 2.75) is 6.42 Å². The maximum atomic E-state index is 12.9. The normalized spacial score (nSPS) is 15.1. The molecule has 0 unspecified atom stereocenters. The number of amides is 2. The van der Waals surface area contributed by atoms with Gasteiger partial charge in [0, 0.05) is 25.7 Å². The molecule has 3 aromatic rings. The van der Waals surface area contributed by atoms with Crippen LogP contribution < -0.4 is 10.1 Å². The van der Waals surface area contributed by atoms with E-state index in [4.69, 9.17) is 4.74 Å². The summed E-state index contributed by atoms with van der Waals surface area (Å²) in [6.07, 6.45) is 0.557. The number of aromatic nitrogens is 1. The molecule has 0 aliphatic carbocycles. The fraction of sp³-hybridized carbons (Fsp3) is 0.286. The second-order valence-corrected chi connectivity index (χ2v) is 7.97. The summed E-state index contributed by atoms with van der Waals surface area (Å²) in [6, 6.07) is 13.2. The number of carbonyl (C=O) groups is 2. The van der Waals surface area contributed by atoms with Crippen LogP contribution in [0.15, 0.2) is 48.0 Å². The Bertz CT molecular complexity index is 1040. The van der Waals surface area contributed by atoms with Crippen LogP contribution in [0.2, 0.25) is 0 Å². The summed E-state index contributed by atoms with van der Waals surface area (Å²) in [5.41, 5.74) is 3.69. The van der Waals surface area contributed by atoms with E-state index in [0.717, 1.165) is 21.5 Å². The molecule has 4 rings (SSSR count). The molecule has 1 fully saturated rings. The van der Waals surface area contributed by atoms with Crippen LogP contribution in [-0.2, 0) is 11.2 Å². The number of ether oxygens (including phenoxy) is 1. The third kappa shape index (κ3) is 3.22. The molecular weight excluding hydrogens is 374 g/mol. The van der Waals surface area contributed by atoms with E-state index >= 15 is 0 Å². The summed E-state index contributed by atoms with van der Waals surface area (Å²) in [5.74, 6) is 0.660. The van der Waals surface area contributed by atoms with Gasteiger partial charge < -0.3 is 15.0 Å². The van der Waals surface area contributed by atoms with Crippen molar-refractivity contribution < 1.29 is 14.3 Å². The van der Waals surface area contributed by atoms with E-state index in [0.29, 0.717) is 25.1 Å². The Balaban J connectivity index is 1.53. The molecular formula is C21H21N3O3S. The number of nitrogens with one attached hydrogen (secondary N) is 1. The third-order valence-corrected chi connectivity index (χ3v) is 6.03. The van der Waals surface area contributed by atoms with E-state index in [1.165, 1.54) is 11.3 Å². The topological polar surface area (TPSA) is 71.5 Å². The van der Waals surface area contributed by atoms with Gasteiger partial charge in [-0.25, -0.2) is 4.98 Å². The van der Waals surface area contributed by atoms with Gasteiger partial charge in [-0.3, -0.25) is 9.59 Å². The fourth-order valence-corrected chi connectivity index (χ4v) is 4.49. The van der Waals surface area contributed by atoms with Gasteiger partial charge in [-0.15, -0.1) is 11.3 Å². The number of hydrogen-bond donors (Lipinski definition) is 1. The molecule has 0 bridgehead atoms. The predicted molar refractivity (Wildman–Crippen MR) is 109 cm³/mol. The summed E-state index contributed by atoms with van der Waals surface area (Å²) in [5, 5.41) is 2.76. The van der Waals surface area contributed by atoms with Crippen LogP contribution >= 0.6 is 11.3 Å². The summed E-state index contributed by atoms with van der Waals surface area (Å²) < 4.78 is 6.27. The predicted octanol–water partition coefficient (Wildman–Crippen LogP) is 2.74. The number of thiazole rings is 1. The maximum Gasteiger partial charge on any atom is 0.253 e. The highest BCUT2D eigenvalue weighted by molar-refractivity contribution is 7.16. The van der Waals surface area contributed by atoms with E-state index in [-0.39, 0.29) is 11.8 Å². The molecule has 0 atom stereocenters. The SMILES string of the molecule is CNC(=O)C1(Cc2cccc(OC)c2)CN(C(=O)c2ccc3ncsc3c2)C1. The lowest BCUT2D eigenvalue weighted by atomic mass is 9.73. The Hall–Kier alpha value is -2.93. The van der Waals surface area contributed by atoms with Crippen LogP contribution in [-0.4, -0.2) is 48.9 Å². The maximum absolute atomic E-state index is 12.9. The largest absolute Gasteiger partial charge is 0.497 e. The molecule has 2 heterocycles. The number of benzene rings is 2. The Labute approximate surface area is 167 Å². The zero-order valence-electron chi connectivity index (χ0n) is 15.8. The van der Waals surface area contributed by atoms with Gasteiger partial charge in [0.05, 0.1) is 28.3 Å². The van der Waals surface area contributed by atoms with E-state index in [2.05, 4.69) is 10.3 Å². The van der Waals surface area contributed by atoms with Gasteiger partial charge in [-0.05, 0) is 42.3 Å². The first-order valence-electron chi connectivity index (χ1n) is 9.02. The van der Waals surface area contributed by atoms with Gasteiger partial charge in [0.25, 0.3) is 5.91 Å². The van der Waals surface area contributed by atoms with E-state index in [9.17, 15) is 9.59 Å². The minimum Gasteiger partial charge on any atom is -0.497 e. The van der Waals surface area contributed by atoms with Crippen LogP contribution in [0.4, 0.5) is 0 Å². The highest BCUT2D eigenvalue weighted by Crippen LogP contribution is 2.36. The van der Waals surface area contributed by atoms with Crippen molar-refractivity contribution in [3.63, 3.8) is 0 Å². The second-order valence-electron chi connectivity index (χ2n) is 7.08. The summed E-state index contributed by atoms with van der Waals surface area (Å²) in [6.45, 7) is 0.785. The molecule has 1 aliphatic rings. The number of carbonyl (C=O) groups excluding carboxylic acids is 2. The smallest absolute Gasteiger partial charge is 0.253 e. The summed E-state index contributed by atoms with van der Waals surface area (Å²) in [4.78, 5) is 31.5. The van der Waals surface area contributed by atoms with Crippen LogP contribution in [0.3, 0.4) is 0 Å². The first-order valence-corrected chi connectivity index (χ1v) is 9.90. The fourth-order valence-electron chi connectivity index (χ4n) is 3.77. The molecule has 6 nitrogen and oxygen atoms in total. The minimum atomic E-state index is -0.620. The van der Waals surface area contributed by atoms with Crippen molar-refractivity contribution >= 4 is 33.4 Å². The first kappa shape index (κ1) is 18.4. The molecule has 28 heavy (non-hydrogen) atoms. The Morgan fingerprint density at radius 1 is 1.25 bits per heavy atom. The number of rotatable bonds is 5. The van der Waals surface area contributed by atoms with Gasteiger partial charge in [0.1, 0.15) is 5.75 Å². The van der Waals surface area contributed by atoms with Gasteiger partial charge >= 0.3 is 0 Å². The Morgan fingerprint density at radius 3 is 2.82 bits per heavy atom. The summed E-state index contributed by atoms with van der Waals surface area (Å²) in [7, 11) is 3.26. The van der Waals surface area contributed by atoms with Gasteiger partial charge in [0.2, 0.25) is 5.91 Å². The van der Waals surface area contributed by atoms with E-state index in [1.54, 1.807) is 30.6 Å². The molecule has 1 saturated heterocycles. The van der Waals surface area contributed by atoms with Crippen molar-refractivity contribution in [2.24, 2.45) is 5.41 Å². The average molecular weight is 395 g/mol. The lowest BCUT2D eigenvalue weighted by Gasteiger charge is -2.48. The van der Waals surface area contributed by atoms with Crippen molar-refractivity contribution in [1.29, 1.82) is 0 Å².